The lowest BCUT2D eigenvalue weighted by Gasteiger charge is -2.37. The molecule has 1 aromatic rings. The molecule has 3 unspecified atom stereocenters. The smallest absolute Gasteiger partial charge is 0.0111 e. The van der Waals surface area contributed by atoms with Crippen LogP contribution >= 0.6 is 11.3 Å². The minimum absolute atomic E-state index is 0.603. The van der Waals surface area contributed by atoms with Gasteiger partial charge in [0.1, 0.15) is 0 Å². The van der Waals surface area contributed by atoms with Crippen molar-refractivity contribution in [2.75, 3.05) is 7.05 Å². The first kappa shape index (κ1) is 13.6. The average Bonchev–Trinajstić information content (AvgIpc) is 2.82. The Morgan fingerprint density at radius 2 is 2.00 bits per heavy atom. The van der Waals surface area contributed by atoms with Gasteiger partial charge in [-0.25, -0.2) is 0 Å². The largest absolute Gasteiger partial charge is 0.311 e. The van der Waals surface area contributed by atoms with Gasteiger partial charge in [0.2, 0.25) is 0 Å². The second-order valence-corrected chi connectivity index (χ2v) is 7.88. The van der Waals surface area contributed by atoms with Crippen LogP contribution in [0, 0.1) is 6.92 Å². The summed E-state index contributed by atoms with van der Waals surface area (Å²) in [5.74, 6) is 0. The van der Waals surface area contributed by atoms with Gasteiger partial charge in [-0.05, 0) is 65.1 Å². The molecule has 3 atom stereocenters. The molecule has 0 aromatic carbocycles. The Hall–Kier alpha value is -0.380. The molecule has 0 radical (unpaired) electrons. The lowest BCUT2D eigenvalue weighted by Crippen LogP contribution is -2.49. The molecule has 2 aliphatic rings. The average molecular weight is 278 g/mol. The van der Waals surface area contributed by atoms with Gasteiger partial charge in [-0.15, -0.1) is 11.3 Å². The number of hydrogen-bond donors (Lipinski definition) is 1. The van der Waals surface area contributed by atoms with E-state index in [0.717, 1.165) is 18.1 Å². The summed E-state index contributed by atoms with van der Waals surface area (Å²) < 4.78 is 0. The monoisotopic (exact) mass is 278 g/mol. The molecule has 3 heterocycles. The Morgan fingerprint density at radius 3 is 2.58 bits per heavy atom. The third-order valence-electron chi connectivity index (χ3n) is 4.92. The number of nitrogens with zero attached hydrogens (tertiary/aromatic N) is 1. The maximum atomic E-state index is 3.88. The minimum atomic E-state index is 0.603. The van der Waals surface area contributed by atoms with Crippen LogP contribution in [0.3, 0.4) is 0 Å². The summed E-state index contributed by atoms with van der Waals surface area (Å²) in [6, 6.07) is 7.55. The Kier molecular flexibility index (Phi) is 3.97. The molecule has 1 N–H and O–H groups in total. The standard InChI is InChI=1S/C16H26N2S/c1-11(8-16-7-4-12(2)19-16)17-13-9-14-5-6-15(10-13)18(14)3/h4,7,11,13-15,17H,5-6,8-10H2,1-3H3. The number of thiophene rings is 1. The van der Waals surface area contributed by atoms with Gasteiger partial charge in [-0.1, -0.05) is 0 Å². The first-order valence-electron chi connectivity index (χ1n) is 7.65. The van der Waals surface area contributed by atoms with Crippen LogP contribution in [0.5, 0.6) is 0 Å². The zero-order valence-electron chi connectivity index (χ0n) is 12.4. The molecular formula is C16H26N2S. The Labute approximate surface area is 121 Å². The fourth-order valence-electron chi connectivity index (χ4n) is 3.91. The highest BCUT2D eigenvalue weighted by molar-refractivity contribution is 7.11. The van der Waals surface area contributed by atoms with E-state index >= 15 is 0 Å². The molecule has 106 valence electrons. The molecule has 0 spiro atoms. The van der Waals surface area contributed by atoms with E-state index in [4.69, 9.17) is 0 Å². The number of rotatable bonds is 4. The van der Waals surface area contributed by atoms with E-state index < -0.39 is 0 Å². The quantitative estimate of drug-likeness (QED) is 0.910. The summed E-state index contributed by atoms with van der Waals surface area (Å²) >= 11 is 1.94. The molecule has 0 amide bonds. The summed E-state index contributed by atoms with van der Waals surface area (Å²) in [7, 11) is 2.32. The first-order chi connectivity index (χ1) is 9.11. The van der Waals surface area contributed by atoms with Crippen LogP contribution in [0.15, 0.2) is 12.1 Å². The normalized spacial score (nSPS) is 32.7. The van der Waals surface area contributed by atoms with E-state index in [-0.39, 0.29) is 0 Å². The van der Waals surface area contributed by atoms with E-state index in [9.17, 15) is 0 Å². The van der Waals surface area contributed by atoms with E-state index in [1.807, 2.05) is 11.3 Å². The molecule has 1 aromatic heterocycles. The van der Waals surface area contributed by atoms with Gasteiger partial charge < -0.3 is 10.2 Å². The second kappa shape index (κ2) is 5.55. The topological polar surface area (TPSA) is 15.3 Å². The Bertz CT molecular complexity index is 414. The van der Waals surface area contributed by atoms with Gasteiger partial charge in [0, 0.05) is 33.9 Å². The van der Waals surface area contributed by atoms with Crippen molar-refractivity contribution in [1.82, 2.24) is 10.2 Å². The van der Waals surface area contributed by atoms with Crippen LogP contribution in [-0.2, 0) is 6.42 Å². The van der Waals surface area contributed by atoms with E-state index in [1.54, 1.807) is 0 Å². The molecule has 0 aliphatic carbocycles. The lowest BCUT2D eigenvalue weighted by atomic mass is 9.97. The van der Waals surface area contributed by atoms with Gasteiger partial charge in [0.15, 0.2) is 0 Å². The molecule has 3 heteroatoms. The summed E-state index contributed by atoms with van der Waals surface area (Å²) in [6.07, 6.45) is 6.71. The van der Waals surface area contributed by atoms with Gasteiger partial charge in [-0.3, -0.25) is 0 Å². The highest BCUT2D eigenvalue weighted by atomic mass is 32.1. The van der Waals surface area contributed by atoms with E-state index in [0.29, 0.717) is 6.04 Å². The maximum absolute atomic E-state index is 3.88. The molecule has 19 heavy (non-hydrogen) atoms. The van der Waals surface area contributed by atoms with Crippen molar-refractivity contribution in [2.45, 2.75) is 70.1 Å². The Morgan fingerprint density at radius 1 is 1.32 bits per heavy atom. The maximum Gasteiger partial charge on any atom is 0.0111 e. The summed E-state index contributed by atoms with van der Waals surface area (Å²) in [6.45, 7) is 4.54. The zero-order valence-corrected chi connectivity index (χ0v) is 13.2. The highest BCUT2D eigenvalue weighted by Crippen LogP contribution is 2.34. The van der Waals surface area contributed by atoms with Crippen LogP contribution in [0.1, 0.15) is 42.4 Å². The highest BCUT2D eigenvalue weighted by Gasteiger charge is 2.38. The van der Waals surface area contributed by atoms with E-state index in [1.165, 1.54) is 41.9 Å². The molecule has 2 fully saturated rings. The van der Waals surface area contributed by atoms with Gasteiger partial charge in [0.25, 0.3) is 0 Å². The SMILES string of the molecule is Cc1ccc(CC(C)NC2CC3CCC(C2)N3C)s1. The van der Waals surface area contributed by atoms with Crippen molar-refractivity contribution in [1.29, 1.82) is 0 Å². The van der Waals surface area contributed by atoms with Crippen LogP contribution in [0.2, 0.25) is 0 Å². The number of hydrogen-bond acceptors (Lipinski definition) is 3. The van der Waals surface area contributed by atoms with Crippen LogP contribution in [-0.4, -0.2) is 36.1 Å². The number of fused-ring (bicyclic) bond motifs is 2. The number of aryl methyl sites for hydroxylation is 1. The van der Waals surface area contributed by atoms with Gasteiger partial charge >= 0.3 is 0 Å². The minimum Gasteiger partial charge on any atom is -0.311 e. The van der Waals surface area contributed by atoms with Crippen LogP contribution in [0.25, 0.3) is 0 Å². The van der Waals surface area contributed by atoms with Gasteiger partial charge in [0.05, 0.1) is 0 Å². The van der Waals surface area contributed by atoms with Crippen LogP contribution in [0.4, 0.5) is 0 Å². The lowest BCUT2D eigenvalue weighted by molar-refractivity contribution is 0.144. The molecule has 3 rings (SSSR count). The third kappa shape index (κ3) is 3.04. The molecule has 2 bridgehead atoms. The van der Waals surface area contributed by atoms with Crippen molar-refractivity contribution >= 4 is 11.3 Å². The first-order valence-corrected chi connectivity index (χ1v) is 8.47. The van der Waals surface area contributed by atoms with Crippen molar-refractivity contribution in [3.05, 3.63) is 21.9 Å². The summed E-state index contributed by atoms with van der Waals surface area (Å²) in [4.78, 5) is 5.57. The summed E-state index contributed by atoms with van der Waals surface area (Å²) in [5, 5.41) is 3.88. The molecule has 0 saturated carbocycles. The van der Waals surface area contributed by atoms with Crippen molar-refractivity contribution in [3.8, 4) is 0 Å². The predicted octanol–water partition coefficient (Wildman–Crippen LogP) is 3.20. The second-order valence-electron chi connectivity index (χ2n) is 6.50. The Balaban J connectivity index is 1.51. The molecule has 2 saturated heterocycles. The fraction of sp³-hybridized carbons (Fsp3) is 0.750. The fourth-order valence-corrected chi connectivity index (χ4v) is 4.92. The van der Waals surface area contributed by atoms with Crippen molar-refractivity contribution < 1.29 is 0 Å². The van der Waals surface area contributed by atoms with Crippen LogP contribution < -0.4 is 5.32 Å². The molecule has 2 nitrogen and oxygen atoms in total. The third-order valence-corrected chi connectivity index (χ3v) is 5.94. The van der Waals surface area contributed by atoms with E-state index in [2.05, 4.69) is 43.2 Å². The summed E-state index contributed by atoms with van der Waals surface area (Å²) in [5.41, 5.74) is 0. The van der Waals surface area contributed by atoms with Gasteiger partial charge in [-0.2, -0.15) is 0 Å². The van der Waals surface area contributed by atoms with Crippen molar-refractivity contribution in [3.63, 3.8) is 0 Å². The molecular weight excluding hydrogens is 252 g/mol. The number of nitrogens with one attached hydrogen (secondary N) is 1. The van der Waals surface area contributed by atoms with Crippen molar-refractivity contribution in [2.24, 2.45) is 0 Å². The molecule has 2 aliphatic heterocycles. The predicted molar refractivity (Wildman–Crippen MR) is 83.0 cm³/mol. The number of piperidine rings is 1. The zero-order chi connectivity index (χ0) is 13.4.